The number of unbranched alkanes of at least 4 members (excludes halogenated alkanes) is 1. The first-order valence-corrected chi connectivity index (χ1v) is 5.01. The van der Waals surface area contributed by atoms with E-state index in [4.69, 9.17) is 0 Å². The van der Waals surface area contributed by atoms with Crippen LogP contribution in [0.4, 0.5) is 0 Å². The molecule has 0 heterocycles. The van der Waals surface area contributed by atoms with Crippen LogP contribution in [0.15, 0.2) is 12.2 Å². The smallest absolute Gasteiger partial charge is 0.0236 e. The van der Waals surface area contributed by atoms with Gasteiger partial charge in [0.15, 0.2) is 0 Å². The molecule has 0 saturated heterocycles. The van der Waals surface area contributed by atoms with Crippen LogP contribution in [0, 0.1) is 5.92 Å². The first-order valence-electron chi connectivity index (χ1n) is 5.01. The van der Waals surface area contributed by atoms with Gasteiger partial charge in [-0.3, -0.25) is 0 Å². The average Bonchev–Trinajstić information content (AvgIpc) is 2.05. The molecular formula is C11H22. The van der Waals surface area contributed by atoms with Gasteiger partial charge in [0.1, 0.15) is 0 Å². The molecule has 0 spiro atoms. The predicted molar refractivity (Wildman–Crippen MR) is 52.7 cm³/mol. The normalized spacial score (nSPS) is 14.1. The van der Waals surface area contributed by atoms with Crippen molar-refractivity contribution < 1.29 is 0 Å². The van der Waals surface area contributed by atoms with E-state index in [1.807, 2.05) is 0 Å². The molecule has 1 unspecified atom stereocenters. The first kappa shape index (κ1) is 10.7. The van der Waals surface area contributed by atoms with Gasteiger partial charge in [-0.15, -0.1) is 0 Å². The second-order valence-corrected chi connectivity index (χ2v) is 3.15. The average molecular weight is 154 g/mol. The third kappa shape index (κ3) is 6.15. The highest BCUT2D eigenvalue weighted by Crippen LogP contribution is 2.13. The monoisotopic (exact) mass is 154 g/mol. The lowest BCUT2D eigenvalue weighted by Gasteiger charge is -2.07. The molecule has 0 aromatic heterocycles. The highest BCUT2D eigenvalue weighted by molar-refractivity contribution is 4.86. The van der Waals surface area contributed by atoms with E-state index in [9.17, 15) is 0 Å². The summed E-state index contributed by atoms with van der Waals surface area (Å²) in [5.74, 6) is 0.842. The predicted octanol–water partition coefficient (Wildman–Crippen LogP) is 4.17. The highest BCUT2D eigenvalue weighted by atomic mass is 14.0. The largest absolute Gasteiger partial charge is 0.0885 e. The third-order valence-corrected chi connectivity index (χ3v) is 2.10. The standard InChI is InChI=1S/C11H22/c1-4-7-9-11(6-3)10-8-5-2/h7,9,11H,4-6,8,10H2,1-3H3. The van der Waals surface area contributed by atoms with Crippen molar-refractivity contribution in [3.05, 3.63) is 12.2 Å². The Morgan fingerprint density at radius 3 is 2.36 bits per heavy atom. The van der Waals surface area contributed by atoms with Gasteiger partial charge in [-0.2, -0.15) is 0 Å². The van der Waals surface area contributed by atoms with Crippen molar-refractivity contribution in [3.8, 4) is 0 Å². The van der Waals surface area contributed by atoms with Crippen molar-refractivity contribution in [2.75, 3.05) is 0 Å². The van der Waals surface area contributed by atoms with Gasteiger partial charge in [-0.1, -0.05) is 45.8 Å². The molecular weight excluding hydrogens is 132 g/mol. The summed E-state index contributed by atoms with van der Waals surface area (Å²) in [7, 11) is 0. The van der Waals surface area contributed by atoms with Gasteiger partial charge in [0.2, 0.25) is 0 Å². The van der Waals surface area contributed by atoms with Crippen LogP contribution in [0.2, 0.25) is 0 Å². The van der Waals surface area contributed by atoms with Crippen molar-refractivity contribution >= 4 is 0 Å². The van der Waals surface area contributed by atoms with Gasteiger partial charge in [-0.05, 0) is 25.2 Å². The van der Waals surface area contributed by atoms with E-state index in [0.717, 1.165) is 5.92 Å². The summed E-state index contributed by atoms with van der Waals surface area (Å²) in [6.45, 7) is 6.74. The summed E-state index contributed by atoms with van der Waals surface area (Å²) in [5.41, 5.74) is 0. The van der Waals surface area contributed by atoms with Crippen molar-refractivity contribution in [1.82, 2.24) is 0 Å². The minimum atomic E-state index is 0.842. The SMILES string of the molecule is CCC=CC(CC)CCCC. The van der Waals surface area contributed by atoms with E-state index in [-0.39, 0.29) is 0 Å². The summed E-state index contributed by atoms with van der Waals surface area (Å²) >= 11 is 0. The number of hydrogen-bond acceptors (Lipinski definition) is 0. The molecule has 66 valence electrons. The fourth-order valence-electron chi connectivity index (χ4n) is 1.23. The molecule has 0 bridgehead atoms. The lowest BCUT2D eigenvalue weighted by Crippen LogP contribution is -1.93. The van der Waals surface area contributed by atoms with Gasteiger partial charge < -0.3 is 0 Å². The fraction of sp³-hybridized carbons (Fsp3) is 0.818. The van der Waals surface area contributed by atoms with Crippen LogP contribution >= 0.6 is 0 Å². The first-order chi connectivity index (χ1) is 5.35. The lowest BCUT2D eigenvalue weighted by atomic mass is 9.99. The summed E-state index contributed by atoms with van der Waals surface area (Å²) in [4.78, 5) is 0. The molecule has 0 saturated carbocycles. The van der Waals surface area contributed by atoms with Crippen LogP contribution in [-0.2, 0) is 0 Å². The van der Waals surface area contributed by atoms with Crippen LogP contribution in [-0.4, -0.2) is 0 Å². The van der Waals surface area contributed by atoms with E-state index in [0.29, 0.717) is 0 Å². The molecule has 0 radical (unpaired) electrons. The molecule has 0 rings (SSSR count). The Morgan fingerprint density at radius 1 is 1.18 bits per heavy atom. The molecule has 0 aliphatic heterocycles. The fourth-order valence-corrected chi connectivity index (χ4v) is 1.23. The summed E-state index contributed by atoms with van der Waals surface area (Å²) in [6.07, 6.45) is 11.3. The van der Waals surface area contributed by atoms with Crippen LogP contribution < -0.4 is 0 Å². The third-order valence-electron chi connectivity index (χ3n) is 2.10. The Bertz CT molecular complexity index is 92.2. The summed E-state index contributed by atoms with van der Waals surface area (Å²) in [5, 5.41) is 0. The summed E-state index contributed by atoms with van der Waals surface area (Å²) < 4.78 is 0. The van der Waals surface area contributed by atoms with Gasteiger partial charge >= 0.3 is 0 Å². The molecule has 0 amide bonds. The molecule has 0 aliphatic carbocycles. The molecule has 11 heavy (non-hydrogen) atoms. The topological polar surface area (TPSA) is 0 Å². The van der Waals surface area contributed by atoms with Crippen LogP contribution in [0.1, 0.15) is 52.9 Å². The van der Waals surface area contributed by atoms with E-state index in [1.54, 1.807) is 0 Å². The maximum absolute atomic E-state index is 2.38. The minimum Gasteiger partial charge on any atom is -0.0885 e. The Labute approximate surface area is 71.7 Å². The second kappa shape index (κ2) is 7.84. The van der Waals surface area contributed by atoms with Gasteiger partial charge in [0.25, 0.3) is 0 Å². The molecule has 0 aromatic rings. The number of allylic oxidation sites excluding steroid dienone is 2. The van der Waals surface area contributed by atoms with Crippen molar-refractivity contribution in [2.24, 2.45) is 5.92 Å². The number of hydrogen-bond donors (Lipinski definition) is 0. The van der Waals surface area contributed by atoms with Crippen molar-refractivity contribution in [1.29, 1.82) is 0 Å². The maximum atomic E-state index is 2.38. The lowest BCUT2D eigenvalue weighted by molar-refractivity contribution is 0.539. The van der Waals surface area contributed by atoms with Gasteiger partial charge in [0.05, 0.1) is 0 Å². The van der Waals surface area contributed by atoms with Crippen molar-refractivity contribution in [3.63, 3.8) is 0 Å². The van der Waals surface area contributed by atoms with Gasteiger partial charge in [-0.25, -0.2) is 0 Å². The second-order valence-electron chi connectivity index (χ2n) is 3.15. The van der Waals surface area contributed by atoms with Gasteiger partial charge in [0, 0.05) is 0 Å². The minimum absolute atomic E-state index is 0.842. The number of rotatable bonds is 6. The van der Waals surface area contributed by atoms with Crippen LogP contribution in [0.5, 0.6) is 0 Å². The summed E-state index contributed by atoms with van der Waals surface area (Å²) in [6, 6.07) is 0. The van der Waals surface area contributed by atoms with Crippen LogP contribution in [0.3, 0.4) is 0 Å². The Morgan fingerprint density at radius 2 is 1.91 bits per heavy atom. The van der Waals surface area contributed by atoms with Crippen LogP contribution in [0.25, 0.3) is 0 Å². The molecule has 1 atom stereocenters. The van der Waals surface area contributed by atoms with E-state index in [1.165, 1.54) is 32.1 Å². The van der Waals surface area contributed by atoms with Crippen molar-refractivity contribution in [2.45, 2.75) is 52.9 Å². The molecule has 0 heteroatoms. The molecule has 0 aromatic carbocycles. The Hall–Kier alpha value is -0.260. The highest BCUT2D eigenvalue weighted by Gasteiger charge is 1.98. The molecule has 0 N–H and O–H groups in total. The van der Waals surface area contributed by atoms with E-state index < -0.39 is 0 Å². The maximum Gasteiger partial charge on any atom is -0.0236 e. The Kier molecular flexibility index (Phi) is 7.66. The zero-order chi connectivity index (χ0) is 8.53. The zero-order valence-corrected chi connectivity index (χ0v) is 8.27. The molecule has 0 aliphatic rings. The molecule has 0 fully saturated rings. The zero-order valence-electron chi connectivity index (χ0n) is 8.27. The van der Waals surface area contributed by atoms with E-state index in [2.05, 4.69) is 32.9 Å². The van der Waals surface area contributed by atoms with E-state index >= 15 is 0 Å². The quantitative estimate of drug-likeness (QED) is 0.504. The Balaban J connectivity index is 3.48. The molecule has 0 nitrogen and oxygen atoms in total.